The molecule has 0 aliphatic heterocycles. The van der Waals surface area contributed by atoms with E-state index in [0.717, 1.165) is 0 Å². The van der Waals surface area contributed by atoms with E-state index in [2.05, 4.69) is 17.4 Å². The van der Waals surface area contributed by atoms with E-state index in [4.69, 9.17) is 0 Å². The average Bonchev–Trinajstić information content (AvgIpc) is 1.66. The largest absolute Gasteiger partial charge is 0.274 e. The molecule has 0 heterocycles. The third-order valence-corrected chi connectivity index (χ3v) is 0.457. The molecule has 0 atom stereocenters. The minimum Gasteiger partial charge on any atom is -0.274 e. The van der Waals surface area contributed by atoms with Gasteiger partial charge in [-0.3, -0.25) is 10.2 Å². The van der Waals surface area contributed by atoms with Gasteiger partial charge in [0.15, 0.2) is 0 Å². The number of carbonyl (C=O) groups excluding carboxylic acids is 1. The quantitative estimate of drug-likeness (QED) is 0.308. The molecule has 0 spiro atoms. The van der Waals surface area contributed by atoms with Crippen LogP contribution < -0.4 is 10.9 Å². The fourth-order valence-corrected chi connectivity index (χ4v) is 0.222. The van der Waals surface area contributed by atoms with Crippen LogP contribution in [0, 0.1) is 0 Å². The lowest BCUT2D eigenvalue weighted by Crippen LogP contribution is -2.28. The van der Waals surface area contributed by atoms with Crippen molar-refractivity contribution in [3.63, 3.8) is 0 Å². The van der Waals surface area contributed by atoms with Crippen molar-refractivity contribution >= 4 is 5.91 Å². The van der Waals surface area contributed by atoms with Gasteiger partial charge in [-0.25, -0.2) is 0 Å². The topological polar surface area (TPSA) is 43.2 Å². The van der Waals surface area contributed by atoms with Gasteiger partial charge < -0.3 is 0 Å². The van der Waals surface area contributed by atoms with Crippen molar-refractivity contribution in [2.45, 2.75) is 6.92 Å². The minimum absolute atomic E-state index is 0.146. The maximum atomic E-state index is 10.1. The van der Waals surface area contributed by atoms with Crippen molar-refractivity contribution in [1.29, 1.82) is 0 Å². The van der Waals surface area contributed by atoms with Crippen molar-refractivity contribution in [2.24, 2.45) is 0 Å². The Balaban J connectivity index is 2.93. The van der Waals surface area contributed by atoms with Crippen molar-refractivity contribution in [1.82, 2.24) is 10.9 Å². The Labute approximate surface area is 48.7 Å². The summed E-state index contributed by atoms with van der Waals surface area (Å²) in [5, 5.41) is 0. The molecule has 0 unspecified atom stereocenters. The molecule has 0 fully saturated rings. The van der Waals surface area contributed by atoms with Gasteiger partial charge in [0.1, 0.15) is 0 Å². The van der Waals surface area contributed by atoms with Gasteiger partial charge in [0.05, 0.1) is 6.54 Å². The second-order valence-corrected chi connectivity index (χ2v) is 1.30. The van der Waals surface area contributed by atoms with Crippen molar-refractivity contribution < 1.29 is 4.79 Å². The van der Waals surface area contributed by atoms with Gasteiger partial charge >= 0.3 is 0 Å². The number of nitrogens with zero attached hydrogens (tertiary/aromatic N) is 1. The second-order valence-electron chi connectivity index (χ2n) is 1.30. The van der Waals surface area contributed by atoms with Gasteiger partial charge in [0.2, 0.25) is 5.91 Å². The highest BCUT2D eigenvalue weighted by atomic mass is 16.2. The molecule has 0 aliphatic rings. The average molecular weight is 113 g/mol. The van der Waals surface area contributed by atoms with Gasteiger partial charge in [-0.05, 0) is 0 Å². The number of rotatable bonds is 3. The van der Waals surface area contributed by atoms with Crippen LogP contribution in [0.3, 0.4) is 0 Å². The normalized spacial score (nSPS) is 8.12. The Morgan fingerprint density at radius 1 is 2.00 bits per heavy atom. The summed E-state index contributed by atoms with van der Waals surface area (Å²) < 4.78 is 0. The minimum atomic E-state index is -0.146. The van der Waals surface area contributed by atoms with Crippen LogP contribution in [0.25, 0.3) is 0 Å². The highest BCUT2D eigenvalue weighted by Gasteiger charge is 1.84. The zero-order valence-corrected chi connectivity index (χ0v) is 4.85. The Hall–Kier alpha value is -0.830. The second kappa shape index (κ2) is 4.33. The monoisotopic (exact) mass is 113 g/mol. The lowest BCUT2D eigenvalue weighted by molar-refractivity contribution is -0.119. The van der Waals surface area contributed by atoms with E-state index in [-0.39, 0.29) is 5.91 Å². The van der Waals surface area contributed by atoms with Crippen LogP contribution in [0.15, 0.2) is 12.7 Å². The summed E-state index contributed by atoms with van der Waals surface area (Å²) in [7, 11) is 0. The summed E-state index contributed by atoms with van der Waals surface area (Å²) in [6.45, 7) is 5.29. The molecule has 8 heavy (non-hydrogen) atoms. The van der Waals surface area contributed by atoms with Gasteiger partial charge in [0.25, 0.3) is 0 Å². The molecule has 1 radical (unpaired) electrons. The van der Waals surface area contributed by atoms with Crippen LogP contribution in [0.5, 0.6) is 0 Å². The van der Waals surface area contributed by atoms with E-state index >= 15 is 0 Å². The standard InChI is InChI=1S/C5H9N2O/c1-3-4-6-7-5(2)8/h3H,1,4H2,2H3,(H,7,8). The lowest BCUT2D eigenvalue weighted by atomic mass is 10.6. The van der Waals surface area contributed by atoms with Gasteiger partial charge in [-0.2, -0.15) is 0 Å². The van der Waals surface area contributed by atoms with Gasteiger partial charge in [-0.1, -0.05) is 6.08 Å². The molecule has 0 aliphatic carbocycles. The van der Waals surface area contributed by atoms with E-state index in [0.29, 0.717) is 6.54 Å². The lowest BCUT2D eigenvalue weighted by Gasteiger charge is -1.94. The van der Waals surface area contributed by atoms with Crippen molar-refractivity contribution in [3.8, 4) is 0 Å². The molecule has 0 saturated heterocycles. The first-order valence-electron chi connectivity index (χ1n) is 2.31. The summed E-state index contributed by atoms with van der Waals surface area (Å²) in [6.07, 6.45) is 1.61. The first-order valence-corrected chi connectivity index (χ1v) is 2.31. The molecule has 3 heteroatoms. The van der Waals surface area contributed by atoms with Crippen LogP contribution in [-0.4, -0.2) is 12.5 Å². The van der Waals surface area contributed by atoms with Crippen LogP contribution in [0.4, 0.5) is 0 Å². The summed E-state index contributed by atoms with van der Waals surface area (Å²) in [4.78, 5) is 10.1. The third kappa shape index (κ3) is 5.17. The number of hydrogen-bond acceptors (Lipinski definition) is 1. The molecule has 0 saturated carbocycles. The van der Waals surface area contributed by atoms with Crippen LogP contribution in [-0.2, 0) is 4.79 Å². The molecule has 3 nitrogen and oxygen atoms in total. The number of carbonyl (C=O) groups is 1. The fourth-order valence-electron chi connectivity index (χ4n) is 0.222. The predicted molar refractivity (Wildman–Crippen MR) is 31.0 cm³/mol. The summed E-state index contributed by atoms with van der Waals surface area (Å²) in [5.41, 5.74) is 5.83. The van der Waals surface area contributed by atoms with E-state index in [1.807, 2.05) is 0 Å². The molecule has 0 aromatic rings. The predicted octanol–water partition coefficient (Wildman–Crippen LogP) is -0.172. The third-order valence-electron chi connectivity index (χ3n) is 0.457. The zero-order valence-electron chi connectivity index (χ0n) is 4.85. The molecule has 0 aromatic heterocycles. The molecule has 1 amide bonds. The maximum absolute atomic E-state index is 10.1. The summed E-state index contributed by atoms with van der Waals surface area (Å²) in [5.74, 6) is -0.146. The molecule has 0 aromatic carbocycles. The van der Waals surface area contributed by atoms with E-state index in [1.54, 1.807) is 6.08 Å². The fraction of sp³-hybridized carbons (Fsp3) is 0.400. The van der Waals surface area contributed by atoms with E-state index < -0.39 is 0 Å². The molecule has 1 N–H and O–H groups in total. The van der Waals surface area contributed by atoms with Crippen molar-refractivity contribution in [2.75, 3.05) is 6.54 Å². The van der Waals surface area contributed by atoms with E-state index in [9.17, 15) is 4.79 Å². The maximum Gasteiger partial charge on any atom is 0.232 e. The van der Waals surface area contributed by atoms with Gasteiger partial charge in [-0.15, -0.1) is 12.0 Å². The molecular formula is C5H9N2O. The Kier molecular flexibility index (Phi) is 3.88. The Morgan fingerprint density at radius 2 is 2.62 bits per heavy atom. The first-order chi connectivity index (χ1) is 3.77. The van der Waals surface area contributed by atoms with E-state index in [1.165, 1.54) is 6.92 Å². The van der Waals surface area contributed by atoms with Crippen molar-refractivity contribution in [3.05, 3.63) is 12.7 Å². The van der Waals surface area contributed by atoms with Gasteiger partial charge in [0, 0.05) is 6.92 Å². The highest BCUT2D eigenvalue weighted by molar-refractivity contribution is 5.72. The smallest absolute Gasteiger partial charge is 0.232 e. The molecular weight excluding hydrogens is 104 g/mol. The number of hydrogen-bond donors (Lipinski definition) is 1. The Morgan fingerprint density at radius 3 is 3.00 bits per heavy atom. The zero-order chi connectivity index (χ0) is 6.41. The van der Waals surface area contributed by atoms with Crippen LogP contribution in [0.1, 0.15) is 6.92 Å². The summed E-state index contributed by atoms with van der Waals surface area (Å²) >= 11 is 0. The molecule has 0 rings (SSSR count). The molecule has 0 bridgehead atoms. The number of nitrogens with one attached hydrogen (secondary N) is 1. The van der Waals surface area contributed by atoms with Crippen LogP contribution in [0.2, 0.25) is 0 Å². The first kappa shape index (κ1) is 7.17. The Bertz CT molecular complexity index is 90.4. The van der Waals surface area contributed by atoms with Crippen LogP contribution >= 0.6 is 0 Å². The molecule has 45 valence electrons. The SMILES string of the molecule is C=CC[N]NC(C)=O. The summed E-state index contributed by atoms with van der Waals surface area (Å²) in [6, 6.07) is 0. The number of amides is 1. The highest BCUT2D eigenvalue weighted by Crippen LogP contribution is 1.58.